The molecule has 0 spiro atoms. The van der Waals surface area contributed by atoms with E-state index in [2.05, 4.69) is 44.3 Å². The minimum Gasteiger partial charge on any atom is -0.508 e. The number of phenolic OH excluding ortho intramolecular Hbond substituents is 1. The first-order valence-corrected chi connectivity index (χ1v) is 26.8. The lowest BCUT2D eigenvalue weighted by Gasteiger charge is -2.51. The molecule has 67 heavy (non-hydrogen) atoms. The second-order valence-electron chi connectivity index (χ2n) is 16.9. The zero-order chi connectivity index (χ0) is 48.4. The number of hydrogen-bond acceptors (Lipinski definition) is 17. The number of pyridine rings is 1. The van der Waals surface area contributed by atoms with Gasteiger partial charge in [0.2, 0.25) is 5.78 Å². The van der Waals surface area contributed by atoms with Gasteiger partial charge in [-0.1, -0.05) is 50.8 Å². The molecule has 4 aliphatic rings. The summed E-state index contributed by atoms with van der Waals surface area (Å²) >= 11 is 12.3. The first-order valence-electron chi connectivity index (χ1n) is 21.5. The van der Waals surface area contributed by atoms with Crippen LogP contribution in [-0.2, 0) is 62.7 Å². The molecule has 358 valence electrons. The summed E-state index contributed by atoms with van der Waals surface area (Å²) in [5.41, 5.74) is 1.06. The number of phenols is 1. The predicted molar refractivity (Wildman–Crippen MR) is 260 cm³/mol. The topological polar surface area (TPSA) is 220 Å². The number of amides is 1. The lowest BCUT2D eigenvalue weighted by atomic mass is 9.82. The van der Waals surface area contributed by atoms with Gasteiger partial charge < -0.3 is 54.0 Å². The van der Waals surface area contributed by atoms with E-state index in [1.165, 1.54) is 18.3 Å². The maximum Gasteiger partial charge on any atom is 0.411 e. The van der Waals surface area contributed by atoms with Gasteiger partial charge in [-0.3, -0.25) is 19.9 Å². The molecule has 4 heterocycles. The fourth-order valence-electron chi connectivity index (χ4n) is 9.00. The molecule has 2 fully saturated rings. The Morgan fingerprint density at radius 1 is 1.15 bits per heavy atom. The zero-order valence-corrected chi connectivity index (χ0v) is 41.2. The molecule has 7 rings (SSSR count). The summed E-state index contributed by atoms with van der Waals surface area (Å²) in [5, 5.41) is 42.5. The number of alkyl carbamates (subject to hydrolysis) is 1. The smallest absolute Gasteiger partial charge is 0.411 e. The van der Waals surface area contributed by atoms with Crippen molar-refractivity contribution >= 4 is 80.8 Å². The molecule has 1 aromatic carbocycles. The number of H-pyrrole nitrogens is 1. The molecular weight excluding hydrogens is 941 g/mol. The molecule has 0 radical (unpaired) electrons. The largest absolute Gasteiger partial charge is 0.508 e. The van der Waals surface area contributed by atoms with Crippen molar-refractivity contribution in [3.05, 3.63) is 71.2 Å². The van der Waals surface area contributed by atoms with Crippen LogP contribution in [0.1, 0.15) is 44.1 Å². The van der Waals surface area contributed by atoms with E-state index in [0.717, 1.165) is 24.3 Å². The van der Waals surface area contributed by atoms with E-state index in [1.54, 1.807) is 56.9 Å². The molecule has 11 atom stereocenters. The van der Waals surface area contributed by atoms with Crippen molar-refractivity contribution in [1.82, 2.24) is 20.6 Å². The van der Waals surface area contributed by atoms with Crippen molar-refractivity contribution in [3.8, 4) is 29.4 Å². The first-order chi connectivity index (χ1) is 31.9. The van der Waals surface area contributed by atoms with Crippen molar-refractivity contribution in [2.75, 3.05) is 39.1 Å². The van der Waals surface area contributed by atoms with Gasteiger partial charge >= 0.3 is 6.09 Å². The Morgan fingerprint density at radius 3 is 2.61 bits per heavy atom. The highest BCUT2D eigenvalue weighted by Gasteiger charge is 2.61. The van der Waals surface area contributed by atoms with E-state index >= 15 is 4.79 Å². The highest BCUT2D eigenvalue weighted by atomic mass is 33.1. The number of carbonyl (C=O) groups excluding carboxylic acids is 3. The molecule has 20 heteroatoms. The zero-order valence-electron chi connectivity index (χ0n) is 37.9. The molecule has 2 aliphatic heterocycles. The lowest BCUT2D eigenvalue weighted by molar-refractivity contribution is -0.326. The van der Waals surface area contributed by atoms with Gasteiger partial charge in [-0.2, -0.15) is 0 Å². The Balaban J connectivity index is 1.36. The van der Waals surface area contributed by atoms with E-state index in [9.17, 15) is 24.9 Å². The highest BCUT2D eigenvalue weighted by molar-refractivity contribution is 8.56. The third kappa shape index (κ3) is 10.7. The van der Waals surface area contributed by atoms with Crippen molar-refractivity contribution in [2.24, 2.45) is 5.92 Å². The molecule has 0 bridgehead atoms. The van der Waals surface area contributed by atoms with Crippen molar-refractivity contribution < 1.29 is 58.1 Å². The molecular formula is C47H54N4O12S4. The first kappa shape index (κ1) is 50.6. The summed E-state index contributed by atoms with van der Waals surface area (Å²) in [5.74, 6) is 9.74. The molecule has 2 saturated heterocycles. The third-order valence-corrected chi connectivity index (χ3v) is 15.2. The van der Waals surface area contributed by atoms with Gasteiger partial charge in [-0.15, -0.1) is 11.8 Å². The number of hydrogen-bond donors (Lipinski definition) is 6. The van der Waals surface area contributed by atoms with E-state index in [1.807, 2.05) is 13.8 Å². The number of aliphatic hydroxyl groups is 2. The number of methoxy groups -OCH3 is 2. The second kappa shape index (κ2) is 21.2. The lowest BCUT2D eigenvalue weighted by Crippen LogP contribution is -2.69. The maximum absolute atomic E-state index is 15.3. The van der Waals surface area contributed by atoms with Gasteiger partial charge in [0.05, 0.1) is 60.7 Å². The Bertz CT molecular complexity index is 2750. The summed E-state index contributed by atoms with van der Waals surface area (Å²) in [6.45, 7) is 5.84. The van der Waals surface area contributed by atoms with Crippen LogP contribution in [0.3, 0.4) is 0 Å². The third-order valence-electron chi connectivity index (χ3n) is 12.1. The van der Waals surface area contributed by atoms with Crippen LogP contribution in [0, 0.1) is 29.6 Å². The number of aromatic nitrogens is 2. The number of allylic oxidation sites excluding steroid dienone is 3. The van der Waals surface area contributed by atoms with Crippen molar-refractivity contribution in [3.63, 3.8) is 0 Å². The van der Waals surface area contributed by atoms with E-state index in [-0.39, 0.29) is 65.3 Å². The standard InChI is InChI=1S/C47H54N4O12S4/c1-24(2)49-32-23-60-37(22-36(32)58-4)63-42-44(56)47(66-6,43(55)41-40-28(16-18-48-41)27-15-14-26(52)20-31(27)50-40)25(3)61-45(42)62-35-13-11-9-8-10-12-30-38(35)29(17-19-67(7,64)65)33(53)21-34(54)39(30)51-46(57)59-5/h8-9,14-18,20,24-25,32-33,35-38,42,44-45,49-50,52-53,56H,19,21-23H2,1-7H3,(H,51,57)/b9-8-,29-17-/t25?,32?,33-,35-,36?,37?,38?,42?,44?,45?,47?/m0/s1. The number of aromatic amines is 1. The highest BCUT2D eigenvalue weighted by Crippen LogP contribution is 2.46. The van der Waals surface area contributed by atoms with Crippen LogP contribution in [0.15, 0.2) is 65.5 Å². The van der Waals surface area contributed by atoms with Crippen LogP contribution in [0.25, 0.3) is 21.8 Å². The number of thioether (sulfide) groups is 1. The molecule has 0 saturated carbocycles. The number of nitrogens with one attached hydrogen (secondary N) is 3. The maximum atomic E-state index is 15.3. The normalized spacial score (nSPS) is 31.1. The van der Waals surface area contributed by atoms with Crippen LogP contribution in [-0.4, -0.2) is 148 Å². The summed E-state index contributed by atoms with van der Waals surface area (Å²) in [6, 6.07) is 6.52. The molecule has 2 aromatic heterocycles. The molecule has 3 aromatic rings. The second-order valence-corrected chi connectivity index (χ2v) is 25.2. The van der Waals surface area contributed by atoms with Gasteiger partial charge in [0.15, 0.2) is 18.4 Å². The number of rotatable bonds is 13. The van der Waals surface area contributed by atoms with E-state index in [0.29, 0.717) is 16.4 Å². The monoisotopic (exact) mass is 994 g/mol. The number of carbonyl (C=O) groups is 3. The molecule has 2 aliphatic carbocycles. The average molecular weight is 995 g/mol. The predicted octanol–water partition coefficient (Wildman–Crippen LogP) is 3.48. The van der Waals surface area contributed by atoms with Crippen LogP contribution in [0.4, 0.5) is 4.79 Å². The fourth-order valence-corrected chi connectivity index (χ4v) is 11.0. The number of aliphatic hydroxyl groups excluding tert-OH is 2. The van der Waals surface area contributed by atoms with E-state index < -0.39 is 85.0 Å². The molecule has 16 nitrogen and oxygen atoms in total. The number of ether oxygens (including phenoxy) is 6. The quantitative estimate of drug-likeness (QED) is 0.0821. The van der Waals surface area contributed by atoms with Crippen molar-refractivity contribution in [2.45, 2.75) is 99.6 Å². The Kier molecular flexibility index (Phi) is 16.0. The average Bonchev–Trinajstić information content (AvgIpc) is 3.65. The summed E-state index contributed by atoms with van der Waals surface area (Å²) in [6.07, 6.45) is -1.61. The Morgan fingerprint density at radius 2 is 1.91 bits per heavy atom. The van der Waals surface area contributed by atoms with Crippen LogP contribution < -0.4 is 10.6 Å². The van der Waals surface area contributed by atoms with Gasteiger partial charge in [0.1, 0.15) is 34.5 Å². The number of fused-ring (bicyclic) bond motifs is 4. The summed E-state index contributed by atoms with van der Waals surface area (Å²) < 4.78 is 35.7. The van der Waals surface area contributed by atoms with Crippen LogP contribution >= 0.6 is 11.8 Å². The van der Waals surface area contributed by atoms with Gasteiger partial charge in [0, 0.05) is 60.4 Å². The number of aromatic hydroxyl groups is 1. The SMILES string of the molecule is COC(=O)NC1=C2C#C/C=C\C#C[C@H](OC3OC(C)C(SC)(C(=O)c4nccc5c4[nH]c4cc(O)ccc45)C(O)C3OC3CC(OC)C(NC(C)C)CO3)C2/C(=C\CS(C)(=S)=S)[C@@H](O)CC1=O. The number of Topliss-reactive ketones (excluding diaryl/α,β-unsaturated/α-hetero) is 2. The molecule has 9 unspecified atom stereocenters. The van der Waals surface area contributed by atoms with E-state index in [4.69, 9.17) is 50.8 Å². The number of ketones is 2. The Hall–Kier alpha value is -4.26. The fraction of sp³-hybridized carbons (Fsp3) is 0.489. The van der Waals surface area contributed by atoms with Crippen molar-refractivity contribution in [1.29, 1.82) is 0 Å². The van der Waals surface area contributed by atoms with Gasteiger partial charge in [-0.25, -0.2) is 4.79 Å². The molecule has 1 amide bonds. The molecule has 6 N–H and O–H groups in total. The van der Waals surface area contributed by atoms with Crippen LogP contribution in [0.5, 0.6) is 5.75 Å². The number of nitrogens with zero attached hydrogens (tertiary/aromatic N) is 1. The number of benzene rings is 1. The van der Waals surface area contributed by atoms with Gasteiger partial charge in [0.25, 0.3) is 0 Å². The summed E-state index contributed by atoms with van der Waals surface area (Å²) in [7, 11) is 0.694. The minimum absolute atomic E-state index is 0.0172. The Labute approximate surface area is 402 Å². The minimum atomic E-state index is -2.04. The van der Waals surface area contributed by atoms with Gasteiger partial charge in [-0.05, 0) is 77.7 Å². The van der Waals surface area contributed by atoms with Crippen LogP contribution in [0.2, 0.25) is 0 Å². The summed E-state index contributed by atoms with van der Waals surface area (Å²) in [4.78, 5) is 49.8.